The van der Waals surface area contributed by atoms with E-state index in [2.05, 4.69) is 5.32 Å². The highest BCUT2D eigenvalue weighted by molar-refractivity contribution is 6.05. The fourth-order valence-electron chi connectivity index (χ4n) is 2.19. The molecule has 0 unspecified atom stereocenters. The molecule has 1 heterocycles. The van der Waals surface area contributed by atoms with Crippen molar-refractivity contribution in [1.29, 1.82) is 0 Å². The Kier molecular flexibility index (Phi) is 5.21. The Morgan fingerprint density at radius 2 is 1.96 bits per heavy atom. The molecule has 2 rings (SSSR count). The van der Waals surface area contributed by atoms with Gasteiger partial charge in [0.25, 0.3) is 5.91 Å². The van der Waals surface area contributed by atoms with Gasteiger partial charge in [-0.15, -0.1) is 0 Å². The van der Waals surface area contributed by atoms with Gasteiger partial charge in [-0.2, -0.15) is 13.2 Å². The third-order valence-corrected chi connectivity index (χ3v) is 3.30. The summed E-state index contributed by atoms with van der Waals surface area (Å²) < 4.78 is 49.4. The molecule has 0 saturated carbocycles. The molecular weight excluding hydrogens is 323 g/mol. The number of carbonyl (C=O) groups excluding carboxylic acids is 1. The van der Waals surface area contributed by atoms with Gasteiger partial charge in [-0.1, -0.05) is 6.92 Å². The number of hydrogen-bond donors (Lipinski definition) is 1. The van der Waals surface area contributed by atoms with Crippen molar-refractivity contribution < 1.29 is 27.1 Å². The van der Waals surface area contributed by atoms with Crippen molar-refractivity contribution >= 4 is 11.6 Å². The molecule has 1 aromatic carbocycles. The topological polar surface area (TPSA) is 51.5 Å². The molecule has 2 aromatic rings. The van der Waals surface area contributed by atoms with Crippen molar-refractivity contribution in [3.05, 3.63) is 46.9 Å². The average Bonchev–Trinajstić information content (AvgIpc) is 2.83. The molecule has 0 atom stereocenters. The molecule has 1 aromatic heterocycles. The van der Waals surface area contributed by atoms with Crippen LogP contribution in [0, 0.1) is 13.8 Å². The van der Waals surface area contributed by atoms with E-state index >= 15 is 0 Å². The molecule has 4 nitrogen and oxygen atoms in total. The van der Waals surface area contributed by atoms with Crippen LogP contribution in [0.3, 0.4) is 0 Å². The van der Waals surface area contributed by atoms with Crippen LogP contribution in [0.1, 0.15) is 40.8 Å². The highest BCUT2D eigenvalue weighted by Crippen LogP contribution is 2.35. The summed E-state index contributed by atoms with van der Waals surface area (Å²) in [5.74, 6) is 0.582. The predicted molar refractivity (Wildman–Crippen MR) is 83.4 cm³/mol. The maximum Gasteiger partial charge on any atom is 0.416 e. The first-order valence-electron chi connectivity index (χ1n) is 7.44. The van der Waals surface area contributed by atoms with Crippen LogP contribution in [-0.2, 0) is 6.18 Å². The van der Waals surface area contributed by atoms with Crippen molar-refractivity contribution in [3.63, 3.8) is 0 Å². The largest absolute Gasteiger partial charge is 0.491 e. The Labute approximate surface area is 137 Å². The van der Waals surface area contributed by atoms with Gasteiger partial charge in [0, 0.05) is 0 Å². The van der Waals surface area contributed by atoms with Gasteiger partial charge in [0.05, 0.1) is 23.4 Å². The van der Waals surface area contributed by atoms with E-state index in [9.17, 15) is 18.0 Å². The number of nitrogens with one attached hydrogen (secondary N) is 1. The zero-order valence-electron chi connectivity index (χ0n) is 13.6. The number of rotatable bonds is 5. The Morgan fingerprint density at radius 1 is 1.25 bits per heavy atom. The number of carbonyl (C=O) groups is 1. The van der Waals surface area contributed by atoms with Crippen LogP contribution in [0.2, 0.25) is 0 Å². The number of aryl methyl sites for hydroxylation is 2. The van der Waals surface area contributed by atoms with Crippen LogP contribution in [0.5, 0.6) is 5.75 Å². The van der Waals surface area contributed by atoms with Gasteiger partial charge < -0.3 is 14.5 Å². The van der Waals surface area contributed by atoms with Crippen LogP contribution >= 0.6 is 0 Å². The Balaban J connectivity index is 2.34. The van der Waals surface area contributed by atoms with Crippen molar-refractivity contribution in [1.82, 2.24) is 0 Å². The van der Waals surface area contributed by atoms with E-state index in [0.717, 1.165) is 12.1 Å². The summed E-state index contributed by atoms with van der Waals surface area (Å²) in [5, 5.41) is 2.48. The molecule has 0 aliphatic rings. The standard InChI is InChI=1S/C17H18F3NO3/c1-4-7-23-15-6-5-12(17(18,19)20)9-14(15)21-16(22)13-8-10(2)24-11(13)3/h5-6,8-9H,4,7H2,1-3H3,(H,21,22). The van der Waals surface area contributed by atoms with Gasteiger partial charge in [-0.3, -0.25) is 4.79 Å². The van der Waals surface area contributed by atoms with E-state index in [0.29, 0.717) is 24.5 Å². The number of furan rings is 1. The van der Waals surface area contributed by atoms with Gasteiger partial charge in [0.1, 0.15) is 17.3 Å². The second-order valence-electron chi connectivity index (χ2n) is 5.34. The predicted octanol–water partition coefficient (Wildman–Crippen LogP) is 4.96. The summed E-state index contributed by atoms with van der Waals surface area (Å²) in [6.45, 7) is 5.50. The third-order valence-electron chi connectivity index (χ3n) is 3.30. The molecule has 130 valence electrons. The average molecular weight is 341 g/mol. The second kappa shape index (κ2) is 6.98. The van der Waals surface area contributed by atoms with Crippen molar-refractivity contribution in [3.8, 4) is 5.75 Å². The fraction of sp³-hybridized carbons (Fsp3) is 0.353. The first-order chi connectivity index (χ1) is 11.2. The van der Waals surface area contributed by atoms with E-state index in [-0.39, 0.29) is 17.0 Å². The molecule has 24 heavy (non-hydrogen) atoms. The minimum absolute atomic E-state index is 0.0264. The molecular formula is C17H18F3NO3. The fourth-order valence-corrected chi connectivity index (χ4v) is 2.19. The van der Waals surface area contributed by atoms with Gasteiger partial charge in [0.15, 0.2) is 0 Å². The molecule has 0 saturated heterocycles. The van der Waals surface area contributed by atoms with Crippen molar-refractivity contribution in [2.24, 2.45) is 0 Å². The normalized spacial score (nSPS) is 11.4. The quantitative estimate of drug-likeness (QED) is 0.836. The Morgan fingerprint density at radius 3 is 2.50 bits per heavy atom. The smallest absolute Gasteiger partial charge is 0.416 e. The van der Waals surface area contributed by atoms with Crippen LogP contribution in [-0.4, -0.2) is 12.5 Å². The molecule has 0 fully saturated rings. The number of ether oxygens (including phenoxy) is 1. The van der Waals surface area contributed by atoms with Gasteiger partial charge in [-0.25, -0.2) is 0 Å². The monoisotopic (exact) mass is 341 g/mol. The molecule has 1 amide bonds. The lowest BCUT2D eigenvalue weighted by Gasteiger charge is -2.15. The third kappa shape index (κ3) is 4.10. The van der Waals surface area contributed by atoms with Crippen molar-refractivity contribution in [2.45, 2.75) is 33.4 Å². The second-order valence-corrected chi connectivity index (χ2v) is 5.34. The molecule has 0 aliphatic heterocycles. The van der Waals surface area contributed by atoms with Crippen LogP contribution in [0.15, 0.2) is 28.7 Å². The number of alkyl halides is 3. The maximum atomic E-state index is 12.9. The van der Waals surface area contributed by atoms with E-state index in [1.54, 1.807) is 13.8 Å². The van der Waals surface area contributed by atoms with Crippen LogP contribution in [0.4, 0.5) is 18.9 Å². The van der Waals surface area contributed by atoms with E-state index < -0.39 is 17.6 Å². The van der Waals surface area contributed by atoms with Crippen LogP contribution < -0.4 is 10.1 Å². The minimum atomic E-state index is -4.51. The highest BCUT2D eigenvalue weighted by atomic mass is 19.4. The lowest BCUT2D eigenvalue weighted by Crippen LogP contribution is -2.15. The summed E-state index contributed by atoms with van der Waals surface area (Å²) in [7, 11) is 0. The molecule has 0 aliphatic carbocycles. The summed E-state index contributed by atoms with van der Waals surface area (Å²) in [6, 6.07) is 4.53. The SMILES string of the molecule is CCCOc1ccc(C(F)(F)F)cc1NC(=O)c1cc(C)oc1C. The first kappa shape index (κ1) is 17.9. The summed E-state index contributed by atoms with van der Waals surface area (Å²) >= 11 is 0. The summed E-state index contributed by atoms with van der Waals surface area (Å²) in [4.78, 5) is 12.3. The van der Waals surface area contributed by atoms with E-state index in [4.69, 9.17) is 9.15 Å². The Bertz CT molecular complexity index is 735. The van der Waals surface area contributed by atoms with E-state index in [1.807, 2.05) is 6.92 Å². The zero-order valence-corrected chi connectivity index (χ0v) is 13.6. The molecule has 0 spiro atoms. The number of amides is 1. The number of anilines is 1. The molecule has 1 N–H and O–H groups in total. The first-order valence-corrected chi connectivity index (χ1v) is 7.44. The zero-order chi connectivity index (χ0) is 17.9. The van der Waals surface area contributed by atoms with Crippen LogP contribution in [0.25, 0.3) is 0 Å². The van der Waals surface area contributed by atoms with Crippen molar-refractivity contribution in [2.75, 3.05) is 11.9 Å². The lowest BCUT2D eigenvalue weighted by atomic mass is 10.1. The molecule has 7 heteroatoms. The minimum Gasteiger partial charge on any atom is -0.491 e. The number of halogens is 3. The molecule has 0 bridgehead atoms. The number of hydrogen-bond acceptors (Lipinski definition) is 3. The highest BCUT2D eigenvalue weighted by Gasteiger charge is 2.31. The summed E-state index contributed by atoms with van der Waals surface area (Å²) in [5.41, 5.74) is -0.616. The van der Waals surface area contributed by atoms with Gasteiger partial charge in [0.2, 0.25) is 0 Å². The number of benzene rings is 1. The van der Waals surface area contributed by atoms with E-state index in [1.165, 1.54) is 12.1 Å². The Hall–Kier alpha value is -2.44. The summed E-state index contributed by atoms with van der Waals surface area (Å²) in [6.07, 6.45) is -3.82. The maximum absolute atomic E-state index is 12.9. The van der Waals surface area contributed by atoms with Gasteiger partial charge in [-0.05, 0) is 44.5 Å². The lowest BCUT2D eigenvalue weighted by molar-refractivity contribution is -0.137. The molecule has 0 radical (unpaired) electrons. The van der Waals surface area contributed by atoms with Gasteiger partial charge >= 0.3 is 6.18 Å².